The second-order valence-electron chi connectivity index (χ2n) is 5.39. The van der Waals surface area contributed by atoms with E-state index in [0.29, 0.717) is 18.8 Å². The first-order chi connectivity index (χ1) is 10.6. The normalized spacial score (nSPS) is 12.9. The molecule has 0 aliphatic rings. The number of rotatable bonds is 4. The van der Waals surface area contributed by atoms with Gasteiger partial charge in [0.05, 0.1) is 17.3 Å². The summed E-state index contributed by atoms with van der Waals surface area (Å²) in [5.74, 6) is 0.503. The highest BCUT2D eigenvalue weighted by Gasteiger charge is 2.19. The number of benzene rings is 1. The molecule has 5 heteroatoms. The van der Waals surface area contributed by atoms with Gasteiger partial charge in [-0.05, 0) is 56.2 Å². The van der Waals surface area contributed by atoms with Crippen molar-refractivity contribution in [1.82, 2.24) is 9.13 Å². The van der Waals surface area contributed by atoms with Gasteiger partial charge in [-0.15, -0.1) is 0 Å². The van der Waals surface area contributed by atoms with Crippen molar-refractivity contribution in [2.24, 2.45) is 0 Å². The van der Waals surface area contributed by atoms with Crippen LogP contribution in [0, 0.1) is 6.92 Å². The number of furan rings is 1. The van der Waals surface area contributed by atoms with E-state index in [4.69, 9.17) is 4.42 Å². The van der Waals surface area contributed by atoms with Crippen molar-refractivity contribution >= 4 is 11.0 Å². The third-order valence-corrected chi connectivity index (χ3v) is 4.15. The molecule has 1 unspecified atom stereocenters. The smallest absolute Gasteiger partial charge is 0.329 e. The number of nitrogens with zero attached hydrogens (tertiary/aromatic N) is 2. The van der Waals surface area contributed by atoms with Gasteiger partial charge in [0.2, 0.25) is 0 Å². The van der Waals surface area contributed by atoms with E-state index >= 15 is 0 Å². The number of aliphatic hydroxyl groups is 1. The van der Waals surface area contributed by atoms with Crippen molar-refractivity contribution in [2.75, 3.05) is 0 Å². The maximum atomic E-state index is 12.4. The first kappa shape index (κ1) is 14.7. The Bertz CT molecular complexity index is 856. The molecule has 116 valence electrons. The summed E-state index contributed by atoms with van der Waals surface area (Å²) in [5, 5.41) is 10.5. The molecule has 0 radical (unpaired) electrons. The van der Waals surface area contributed by atoms with Crippen LogP contribution in [0.2, 0.25) is 0 Å². The molecule has 3 aromatic rings. The lowest BCUT2D eigenvalue weighted by Crippen LogP contribution is -2.23. The van der Waals surface area contributed by atoms with Crippen LogP contribution in [0.15, 0.2) is 39.7 Å². The minimum atomic E-state index is -0.829. The van der Waals surface area contributed by atoms with E-state index in [1.54, 1.807) is 27.5 Å². The standard InChI is InChI=1S/C17H20N2O3/c1-4-18-13-9-11(3)12(16(20)15-7-6-8-22-15)10-14(13)19(5-2)17(18)21/h6-10,16,20H,4-5H2,1-3H3. The lowest BCUT2D eigenvalue weighted by atomic mass is 10.0. The van der Waals surface area contributed by atoms with Crippen LogP contribution in [0.1, 0.15) is 36.8 Å². The van der Waals surface area contributed by atoms with Crippen molar-refractivity contribution in [1.29, 1.82) is 0 Å². The SMILES string of the molecule is CCn1c(=O)n(CC)c2cc(C(O)c3ccco3)c(C)cc21. The number of aryl methyl sites for hydroxylation is 3. The second kappa shape index (κ2) is 5.50. The Hall–Kier alpha value is -2.27. The molecular weight excluding hydrogens is 280 g/mol. The van der Waals surface area contributed by atoms with Crippen LogP contribution in [-0.4, -0.2) is 14.2 Å². The quantitative estimate of drug-likeness (QED) is 0.806. The number of hydrogen-bond donors (Lipinski definition) is 1. The molecule has 0 amide bonds. The topological polar surface area (TPSA) is 60.3 Å². The lowest BCUT2D eigenvalue weighted by Gasteiger charge is -2.13. The molecule has 0 bridgehead atoms. The lowest BCUT2D eigenvalue weighted by molar-refractivity contribution is 0.189. The molecule has 5 nitrogen and oxygen atoms in total. The van der Waals surface area contributed by atoms with Gasteiger partial charge in [0.15, 0.2) is 0 Å². The maximum absolute atomic E-state index is 12.4. The zero-order valence-corrected chi connectivity index (χ0v) is 13.0. The second-order valence-corrected chi connectivity index (χ2v) is 5.39. The molecule has 1 atom stereocenters. The van der Waals surface area contributed by atoms with Crippen LogP contribution in [0.5, 0.6) is 0 Å². The van der Waals surface area contributed by atoms with Gasteiger partial charge in [-0.3, -0.25) is 9.13 Å². The third kappa shape index (κ3) is 2.09. The minimum Gasteiger partial charge on any atom is -0.466 e. The molecule has 0 spiro atoms. The summed E-state index contributed by atoms with van der Waals surface area (Å²) in [6.07, 6.45) is 0.715. The molecule has 2 heterocycles. The van der Waals surface area contributed by atoms with Gasteiger partial charge in [-0.25, -0.2) is 4.79 Å². The van der Waals surface area contributed by atoms with Gasteiger partial charge in [-0.1, -0.05) is 0 Å². The first-order valence-electron chi connectivity index (χ1n) is 7.53. The Morgan fingerprint density at radius 2 is 1.82 bits per heavy atom. The maximum Gasteiger partial charge on any atom is 0.329 e. The number of imidazole rings is 1. The van der Waals surface area contributed by atoms with Gasteiger partial charge in [0.25, 0.3) is 0 Å². The van der Waals surface area contributed by atoms with E-state index < -0.39 is 6.10 Å². The average Bonchev–Trinajstić information content (AvgIpc) is 3.11. The van der Waals surface area contributed by atoms with Gasteiger partial charge < -0.3 is 9.52 Å². The van der Waals surface area contributed by atoms with Crippen LogP contribution in [-0.2, 0) is 13.1 Å². The van der Waals surface area contributed by atoms with Crippen LogP contribution in [0.25, 0.3) is 11.0 Å². The molecule has 0 saturated heterocycles. The van der Waals surface area contributed by atoms with Crippen LogP contribution < -0.4 is 5.69 Å². The van der Waals surface area contributed by atoms with E-state index in [1.165, 1.54) is 0 Å². The molecule has 3 rings (SSSR count). The van der Waals surface area contributed by atoms with E-state index in [1.807, 2.05) is 32.9 Å². The molecule has 0 aliphatic heterocycles. The summed E-state index contributed by atoms with van der Waals surface area (Å²) in [4.78, 5) is 12.4. The molecule has 1 N–H and O–H groups in total. The van der Waals surface area contributed by atoms with Crippen molar-refractivity contribution in [2.45, 2.75) is 40.0 Å². The molecule has 0 aliphatic carbocycles. The predicted octanol–water partition coefficient (Wildman–Crippen LogP) is 2.83. The highest BCUT2D eigenvalue weighted by Crippen LogP contribution is 2.28. The Kier molecular flexibility index (Phi) is 3.66. The zero-order valence-electron chi connectivity index (χ0n) is 13.0. The van der Waals surface area contributed by atoms with E-state index in [-0.39, 0.29) is 5.69 Å². The van der Waals surface area contributed by atoms with Crippen LogP contribution >= 0.6 is 0 Å². The summed E-state index contributed by atoms with van der Waals surface area (Å²) < 4.78 is 8.79. The highest BCUT2D eigenvalue weighted by molar-refractivity contribution is 5.78. The van der Waals surface area contributed by atoms with Gasteiger partial charge in [-0.2, -0.15) is 0 Å². The molecule has 1 aromatic carbocycles. The van der Waals surface area contributed by atoms with Crippen LogP contribution in [0.4, 0.5) is 0 Å². The summed E-state index contributed by atoms with van der Waals surface area (Å²) >= 11 is 0. The van der Waals surface area contributed by atoms with Crippen molar-refractivity contribution < 1.29 is 9.52 Å². The summed E-state index contributed by atoms with van der Waals surface area (Å²) in [5.41, 5.74) is 3.44. The van der Waals surface area contributed by atoms with Crippen molar-refractivity contribution in [3.05, 3.63) is 57.9 Å². The highest BCUT2D eigenvalue weighted by atomic mass is 16.4. The average molecular weight is 300 g/mol. The van der Waals surface area contributed by atoms with Crippen LogP contribution in [0.3, 0.4) is 0 Å². The summed E-state index contributed by atoms with van der Waals surface area (Å²) in [6.45, 7) is 7.07. The van der Waals surface area contributed by atoms with Gasteiger partial charge in [0.1, 0.15) is 11.9 Å². The van der Waals surface area contributed by atoms with Crippen molar-refractivity contribution in [3.63, 3.8) is 0 Å². The number of fused-ring (bicyclic) bond motifs is 1. The summed E-state index contributed by atoms with van der Waals surface area (Å²) in [7, 11) is 0. The predicted molar refractivity (Wildman–Crippen MR) is 85.1 cm³/mol. The van der Waals surface area contributed by atoms with E-state index in [9.17, 15) is 9.90 Å². The molecule has 0 fully saturated rings. The fraction of sp³-hybridized carbons (Fsp3) is 0.353. The Labute approximate surface area is 128 Å². The van der Waals surface area contributed by atoms with E-state index in [0.717, 1.165) is 22.2 Å². The van der Waals surface area contributed by atoms with Gasteiger partial charge >= 0.3 is 5.69 Å². The minimum absolute atomic E-state index is 0.0101. The fourth-order valence-electron chi connectivity index (χ4n) is 2.99. The molecular formula is C17H20N2O3. The monoisotopic (exact) mass is 300 g/mol. The Balaban J connectivity index is 2.26. The third-order valence-electron chi connectivity index (χ3n) is 4.15. The molecule has 0 saturated carbocycles. The Morgan fingerprint density at radius 1 is 1.18 bits per heavy atom. The largest absolute Gasteiger partial charge is 0.466 e. The first-order valence-corrected chi connectivity index (χ1v) is 7.53. The number of hydrogen-bond acceptors (Lipinski definition) is 3. The summed E-state index contributed by atoms with van der Waals surface area (Å²) in [6, 6.07) is 7.36. The molecule has 2 aromatic heterocycles. The number of aromatic nitrogens is 2. The van der Waals surface area contributed by atoms with Crippen molar-refractivity contribution in [3.8, 4) is 0 Å². The zero-order chi connectivity index (χ0) is 15.9. The fourth-order valence-corrected chi connectivity index (χ4v) is 2.99. The number of aliphatic hydroxyl groups excluding tert-OH is 1. The Morgan fingerprint density at radius 3 is 2.36 bits per heavy atom. The van der Waals surface area contributed by atoms with Gasteiger partial charge in [0, 0.05) is 13.1 Å². The van der Waals surface area contributed by atoms with E-state index in [2.05, 4.69) is 0 Å². The molecule has 22 heavy (non-hydrogen) atoms.